The molecule has 0 aromatic rings. The van der Waals surface area contributed by atoms with E-state index in [0.717, 1.165) is 56.5 Å². The summed E-state index contributed by atoms with van der Waals surface area (Å²) in [6.07, 6.45) is 6.62. The van der Waals surface area contributed by atoms with E-state index >= 15 is 0 Å². The van der Waals surface area contributed by atoms with Gasteiger partial charge in [-0.25, -0.2) is 4.79 Å². The van der Waals surface area contributed by atoms with Crippen LogP contribution in [0.4, 0.5) is 0 Å². The molecule has 0 saturated carbocycles. The standard InChI is InChI=1S/C17H30N2O4/c1-3-9-22-11-12-23-17(20)16(18)14-6-4-7-15(13-14)19-8-5-10-21-2/h13,19H,3-12,18H2,1-2H3/b16-14+. The van der Waals surface area contributed by atoms with Crippen molar-refractivity contribution in [1.82, 2.24) is 5.32 Å². The van der Waals surface area contributed by atoms with Crippen molar-refractivity contribution >= 4 is 5.97 Å². The third kappa shape index (κ3) is 8.04. The molecule has 0 radical (unpaired) electrons. The summed E-state index contributed by atoms with van der Waals surface area (Å²) in [5.41, 5.74) is 8.12. The molecular formula is C17H30N2O4. The van der Waals surface area contributed by atoms with Gasteiger partial charge in [0.15, 0.2) is 0 Å². The molecule has 132 valence electrons. The van der Waals surface area contributed by atoms with Crippen molar-refractivity contribution in [2.45, 2.75) is 39.0 Å². The number of hydrogen-bond acceptors (Lipinski definition) is 6. The molecule has 1 aliphatic rings. The van der Waals surface area contributed by atoms with Gasteiger partial charge in [0.05, 0.1) is 6.61 Å². The minimum absolute atomic E-state index is 0.205. The van der Waals surface area contributed by atoms with Gasteiger partial charge in [0.2, 0.25) is 0 Å². The van der Waals surface area contributed by atoms with Crippen molar-refractivity contribution in [3.05, 3.63) is 23.0 Å². The first-order valence-corrected chi connectivity index (χ1v) is 8.35. The highest BCUT2D eigenvalue weighted by Gasteiger charge is 2.16. The van der Waals surface area contributed by atoms with Gasteiger partial charge >= 0.3 is 5.97 Å². The van der Waals surface area contributed by atoms with Crippen molar-refractivity contribution < 1.29 is 19.0 Å². The smallest absolute Gasteiger partial charge is 0.354 e. The van der Waals surface area contributed by atoms with Crippen molar-refractivity contribution in [2.75, 3.05) is 40.1 Å². The fourth-order valence-electron chi connectivity index (χ4n) is 2.29. The summed E-state index contributed by atoms with van der Waals surface area (Å²) >= 11 is 0. The van der Waals surface area contributed by atoms with E-state index in [2.05, 4.69) is 5.32 Å². The monoisotopic (exact) mass is 326 g/mol. The molecule has 0 heterocycles. The summed E-state index contributed by atoms with van der Waals surface area (Å²) < 4.78 is 15.4. The second-order valence-electron chi connectivity index (χ2n) is 5.48. The number of methoxy groups -OCH3 is 1. The fourth-order valence-corrected chi connectivity index (χ4v) is 2.29. The second-order valence-corrected chi connectivity index (χ2v) is 5.48. The third-order valence-corrected chi connectivity index (χ3v) is 3.49. The number of nitrogens with one attached hydrogen (secondary N) is 1. The molecular weight excluding hydrogens is 296 g/mol. The van der Waals surface area contributed by atoms with Crippen LogP contribution < -0.4 is 11.1 Å². The Morgan fingerprint density at radius 2 is 2.09 bits per heavy atom. The van der Waals surface area contributed by atoms with E-state index in [0.29, 0.717) is 13.2 Å². The van der Waals surface area contributed by atoms with Crippen molar-refractivity contribution in [2.24, 2.45) is 5.73 Å². The number of allylic oxidation sites excluding steroid dienone is 3. The van der Waals surface area contributed by atoms with Gasteiger partial charge in [0.25, 0.3) is 0 Å². The van der Waals surface area contributed by atoms with Gasteiger partial charge in [-0.1, -0.05) is 6.92 Å². The Hall–Kier alpha value is -1.53. The SMILES string of the molecule is CCCOCCOC(=O)/C(N)=C1\C=C(NCCCOC)CCC1. The Labute approximate surface area is 139 Å². The average molecular weight is 326 g/mol. The van der Waals surface area contributed by atoms with E-state index in [-0.39, 0.29) is 12.3 Å². The van der Waals surface area contributed by atoms with Crippen LogP contribution in [-0.2, 0) is 19.0 Å². The van der Waals surface area contributed by atoms with Gasteiger partial charge in [0, 0.05) is 32.6 Å². The van der Waals surface area contributed by atoms with Crippen LogP contribution in [0, 0.1) is 0 Å². The molecule has 0 atom stereocenters. The van der Waals surface area contributed by atoms with Gasteiger partial charge in [-0.3, -0.25) is 0 Å². The highest BCUT2D eigenvalue weighted by Crippen LogP contribution is 2.22. The molecule has 0 aromatic carbocycles. The van der Waals surface area contributed by atoms with Crippen LogP contribution in [0.3, 0.4) is 0 Å². The number of nitrogens with two attached hydrogens (primary N) is 1. The van der Waals surface area contributed by atoms with Crippen LogP contribution >= 0.6 is 0 Å². The van der Waals surface area contributed by atoms with Gasteiger partial charge < -0.3 is 25.3 Å². The molecule has 0 fully saturated rings. The molecule has 0 saturated heterocycles. The summed E-state index contributed by atoms with van der Waals surface area (Å²) in [5, 5.41) is 3.37. The lowest BCUT2D eigenvalue weighted by Crippen LogP contribution is -2.22. The first kappa shape index (κ1) is 19.5. The molecule has 3 N–H and O–H groups in total. The molecule has 6 heteroatoms. The number of ether oxygens (including phenoxy) is 3. The molecule has 0 unspecified atom stereocenters. The second kappa shape index (κ2) is 12.0. The van der Waals surface area contributed by atoms with E-state index < -0.39 is 5.97 Å². The Morgan fingerprint density at radius 1 is 1.26 bits per heavy atom. The Morgan fingerprint density at radius 3 is 2.83 bits per heavy atom. The number of hydrogen-bond donors (Lipinski definition) is 2. The average Bonchev–Trinajstić information content (AvgIpc) is 2.58. The lowest BCUT2D eigenvalue weighted by molar-refractivity contribution is -0.140. The van der Waals surface area contributed by atoms with Gasteiger partial charge in [-0.2, -0.15) is 0 Å². The maximum Gasteiger partial charge on any atom is 0.354 e. The molecule has 0 spiro atoms. The van der Waals surface area contributed by atoms with E-state index in [1.165, 1.54) is 0 Å². The zero-order valence-electron chi connectivity index (χ0n) is 14.4. The minimum Gasteiger partial charge on any atom is -0.459 e. The molecule has 6 nitrogen and oxygen atoms in total. The van der Waals surface area contributed by atoms with Crippen LogP contribution in [0.1, 0.15) is 39.0 Å². The van der Waals surface area contributed by atoms with Crippen LogP contribution in [-0.4, -0.2) is 46.1 Å². The highest BCUT2D eigenvalue weighted by molar-refractivity contribution is 5.88. The molecule has 1 rings (SSSR count). The van der Waals surface area contributed by atoms with Crippen LogP contribution in [0.2, 0.25) is 0 Å². The van der Waals surface area contributed by atoms with Crippen molar-refractivity contribution in [1.29, 1.82) is 0 Å². The maximum absolute atomic E-state index is 12.0. The number of rotatable bonds is 11. The number of esters is 1. The van der Waals surface area contributed by atoms with E-state index in [9.17, 15) is 4.79 Å². The van der Waals surface area contributed by atoms with Crippen molar-refractivity contribution in [3.63, 3.8) is 0 Å². The van der Waals surface area contributed by atoms with E-state index in [1.54, 1.807) is 7.11 Å². The predicted octanol–water partition coefficient (Wildman–Crippen LogP) is 1.86. The summed E-state index contributed by atoms with van der Waals surface area (Å²) in [7, 11) is 1.69. The fraction of sp³-hybridized carbons (Fsp3) is 0.706. The zero-order valence-corrected chi connectivity index (χ0v) is 14.4. The molecule has 0 aliphatic heterocycles. The molecule has 0 aromatic heterocycles. The zero-order chi connectivity index (χ0) is 16.9. The summed E-state index contributed by atoms with van der Waals surface area (Å²) in [5.74, 6) is -0.461. The summed E-state index contributed by atoms with van der Waals surface area (Å²) in [6.45, 7) is 4.94. The number of carbonyl (C=O) groups excluding carboxylic acids is 1. The van der Waals surface area contributed by atoms with Crippen LogP contribution in [0.15, 0.2) is 23.0 Å². The molecule has 0 bridgehead atoms. The Kier molecular flexibility index (Phi) is 10.2. The molecule has 1 aliphatic carbocycles. The highest BCUT2D eigenvalue weighted by atomic mass is 16.6. The summed E-state index contributed by atoms with van der Waals surface area (Å²) in [6, 6.07) is 0. The molecule has 0 amide bonds. The van der Waals surface area contributed by atoms with Gasteiger partial charge in [0.1, 0.15) is 12.3 Å². The normalized spacial score (nSPS) is 16.7. The summed E-state index contributed by atoms with van der Waals surface area (Å²) in [4.78, 5) is 12.0. The Balaban J connectivity index is 2.45. The van der Waals surface area contributed by atoms with Crippen LogP contribution in [0.5, 0.6) is 0 Å². The molecule has 23 heavy (non-hydrogen) atoms. The van der Waals surface area contributed by atoms with E-state index in [4.69, 9.17) is 19.9 Å². The lowest BCUT2D eigenvalue weighted by atomic mass is 9.97. The first-order chi connectivity index (χ1) is 11.2. The quantitative estimate of drug-likeness (QED) is 0.343. The van der Waals surface area contributed by atoms with E-state index in [1.807, 2.05) is 13.0 Å². The topological polar surface area (TPSA) is 82.8 Å². The number of carbonyl (C=O) groups is 1. The maximum atomic E-state index is 12.0. The van der Waals surface area contributed by atoms with Gasteiger partial charge in [-0.15, -0.1) is 0 Å². The first-order valence-electron chi connectivity index (χ1n) is 8.35. The third-order valence-electron chi connectivity index (χ3n) is 3.49. The minimum atomic E-state index is -0.461. The van der Waals surface area contributed by atoms with Crippen LogP contribution in [0.25, 0.3) is 0 Å². The van der Waals surface area contributed by atoms with Gasteiger partial charge in [-0.05, 0) is 43.8 Å². The largest absolute Gasteiger partial charge is 0.459 e. The lowest BCUT2D eigenvalue weighted by Gasteiger charge is -2.18. The Bertz CT molecular complexity index is 419. The predicted molar refractivity (Wildman–Crippen MR) is 89.7 cm³/mol. The van der Waals surface area contributed by atoms with Crippen molar-refractivity contribution in [3.8, 4) is 0 Å².